The summed E-state index contributed by atoms with van der Waals surface area (Å²) in [5, 5.41) is 18.1. The molecule has 7 nitrogen and oxygen atoms in total. The lowest BCUT2D eigenvalue weighted by atomic mass is 10.2. The largest absolute Gasteiger partial charge is 0.331 e. The fraction of sp³-hybridized carbons (Fsp3) is 0.0588. The van der Waals surface area contributed by atoms with Crippen LogP contribution < -0.4 is 16.1 Å². The van der Waals surface area contributed by atoms with Crippen LogP contribution in [0.4, 0.5) is 11.4 Å². The molecule has 3 aromatic rings. The van der Waals surface area contributed by atoms with Crippen LogP contribution in [0, 0.1) is 0 Å². The van der Waals surface area contributed by atoms with E-state index in [9.17, 15) is 4.79 Å². The molecule has 8 heteroatoms. The van der Waals surface area contributed by atoms with Gasteiger partial charge in [-0.15, -0.1) is 0 Å². The molecule has 0 saturated heterocycles. The third kappa shape index (κ3) is 4.61. The Morgan fingerprint density at radius 1 is 1.16 bits per heavy atom. The lowest BCUT2D eigenvalue weighted by molar-refractivity contribution is -0.114. The summed E-state index contributed by atoms with van der Waals surface area (Å²) in [5.74, 6) is -0.104. The molecule has 0 bridgehead atoms. The highest BCUT2D eigenvalue weighted by Gasteiger charge is 2.00. The van der Waals surface area contributed by atoms with E-state index in [0.29, 0.717) is 5.11 Å². The maximum atomic E-state index is 11.0. The second-order valence-corrected chi connectivity index (χ2v) is 5.71. The summed E-state index contributed by atoms with van der Waals surface area (Å²) >= 11 is 5.21. The Morgan fingerprint density at radius 3 is 2.68 bits per heavy atom. The number of carbonyl (C=O) groups is 1. The van der Waals surface area contributed by atoms with Gasteiger partial charge in [-0.2, -0.15) is 10.2 Å². The number of aromatic amines is 1. The fourth-order valence-corrected chi connectivity index (χ4v) is 2.37. The number of nitrogens with zero attached hydrogens (tertiary/aromatic N) is 2. The lowest BCUT2D eigenvalue weighted by Gasteiger charge is -2.07. The quantitative estimate of drug-likeness (QED) is 0.329. The van der Waals surface area contributed by atoms with Crippen molar-refractivity contribution in [2.24, 2.45) is 5.10 Å². The Kier molecular flexibility index (Phi) is 5.00. The molecule has 0 saturated carbocycles. The monoisotopic (exact) mass is 352 g/mol. The minimum atomic E-state index is -0.104. The number of amides is 1. The van der Waals surface area contributed by atoms with E-state index in [2.05, 4.69) is 31.4 Å². The zero-order valence-electron chi connectivity index (χ0n) is 13.4. The minimum Gasteiger partial charge on any atom is -0.331 e. The minimum absolute atomic E-state index is 0.104. The molecule has 0 aliphatic rings. The van der Waals surface area contributed by atoms with Gasteiger partial charge in [0.25, 0.3) is 0 Å². The van der Waals surface area contributed by atoms with Crippen molar-refractivity contribution >= 4 is 51.7 Å². The summed E-state index contributed by atoms with van der Waals surface area (Å²) in [5.41, 5.74) is 6.14. The van der Waals surface area contributed by atoms with Crippen molar-refractivity contribution in [2.75, 3.05) is 10.6 Å². The van der Waals surface area contributed by atoms with Gasteiger partial charge in [-0.1, -0.05) is 12.1 Å². The van der Waals surface area contributed by atoms with Gasteiger partial charge in [-0.25, -0.2) is 0 Å². The van der Waals surface area contributed by atoms with Gasteiger partial charge in [0.2, 0.25) is 5.91 Å². The first-order chi connectivity index (χ1) is 12.1. The molecule has 3 rings (SSSR count). The van der Waals surface area contributed by atoms with Gasteiger partial charge in [0.05, 0.1) is 17.9 Å². The Hall–Kier alpha value is -3.26. The van der Waals surface area contributed by atoms with Gasteiger partial charge >= 0.3 is 0 Å². The number of fused-ring (bicyclic) bond motifs is 1. The van der Waals surface area contributed by atoms with Crippen LogP contribution >= 0.6 is 12.2 Å². The van der Waals surface area contributed by atoms with Crippen LogP contribution in [0.15, 0.2) is 53.8 Å². The number of hydrogen-bond donors (Lipinski definition) is 4. The van der Waals surface area contributed by atoms with Crippen LogP contribution in [0.1, 0.15) is 12.5 Å². The summed E-state index contributed by atoms with van der Waals surface area (Å²) in [6.07, 6.45) is 3.40. The van der Waals surface area contributed by atoms with Crippen LogP contribution in [-0.2, 0) is 4.79 Å². The van der Waals surface area contributed by atoms with Gasteiger partial charge in [0.15, 0.2) is 5.11 Å². The molecule has 0 spiro atoms. The second kappa shape index (κ2) is 7.54. The standard InChI is InChI=1S/C17H16N6OS/c1-11(24)20-14-5-2-12(3-6-14)9-18-23-17(25)21-15-7-4-13-10-19-22-16(13)8-15/h2-10H,1H3,(H,19,22)(H,20,24)(H2,21,23,25)/b18-9+. The topological polar surface area (TPSA) is 94.2 Å². The molecule has 1 aromatic heterocycles. The van der Waals surface area contributed by atoms with E-state index >= 15 is 0 Å². The van der Waals surface area contributed by atoms with Crippen molar-refractivity contribution in [2.45, 2.75) is 6.92 Å². The third-order valence-electron chi connectivity index (χ3n) is 3.31. The van der Waals surface area contributed by atoms with Gasteiger partial charge in [-0.3, -0.25) is 15.3 Å². The number of anilines is 2. The molecule has 0 radical (unpaired) electrons. The molecule has 0 aliphatic heterocycles. The second-order valence-electron chi connectivity index (χ2n) is 5.30. The van der Waals surface area contributed by atoms with Crippen LogP contribution in [-0.4, -0.2) is 27.4 Å². The first kappa shape index (κ1) is 16.6. The van der Waals surface area contributed by atoms with Crippen LogP contribution in [0.2, 0.25) is 0 Å². The molecule has 0 fully saturated rings. The zero-order chi connectivity index (χ0) is 17.6. The number of nitrogens with one attached hydrogen (secondary N) is 4. The number of thiocarbonyl (C=S) groups is 1. The third-order valence-corrected chi connectivity index (χ3v) is 3.50. The van der Waals surface area contributed by atoms with Gasteiger partial charge in [-0.05, 0) is 48.1 Å². The average Bonchev–Trinajstić information content (AvgIpc) is 3.03. The van der Waals surface area contributed by atoms with Crippen LogP contribution in [0.5, 0.6) is 0 Å². The van der Waals surface area contributed by atoms with Gasteiger partial charge in [0.1, 0.15) is 0 Å². The summed E-state index contributed by atoms with van der Waals surface area (Å²) < 4.78 is 0. The Labute approximate surface area is 149 Å². The number of H-pyrrole nitrogens is 1. The normalized spacial score (nSPS) is 10.8. The van der Waals surface area contributed by atoms with E-state index < -0.39 is 0 Å². The highest BCUT2D eigenvalue weighted by molar-refractivity contribution is 7.80. The van der Waals surface area contributed by atoms with E-state index in [4.69, 9.17) is 12.2 Å². The summed E-state index contributed by atoms with van der Waals surface area (Å²) in [6, 6.07) is 13.1. The first-order valence-electron chi connectivity index (χ1n) is 7.51. The number of hydrazone groups is 1. The van der Waals surface area contributed by atoms with Gasteiger partial charge < -0.3 is 10.6 Å². The molecule has 0 aliphatic carbocycles. The number of aromatic nitrogens is 2. The summed E-state index contributed by atoms with van der Waals surface area (Å²) in [7, 11) is 0. The van der Waals surface area contributed by atoms with E-state index in [0.717, 1.165) is 27.8 Å². The highest BCUT2D eigenvalue weighted by Crippen LogP contribution is 2.16. The maximum absolute atomic E-state index is 11.0. The average molecular weight is 352 g/mol. The molecule has 1 heterocycles. The number of rotatable bonds is 4. The Morgan fingerprint density at radius 2 is 1.92 bits per heavy atom. The van der Waals surface area contributed by atoms with Crippen molar-refractivity contribution in [3.05, 3.63) is 54.2 Å². The molecule has 126 valence electrons. The predicted molar refractivity (Wildman–Crippen MR) is 104 cm³/mol. The van der Waals surface area contributed by atoms with E-state index in [1.165, 1.54) is 6.92 Å². The van der Waals surface area contributed by atoms with E-state index in [1.807, 2.05) is 30.3 Å². The molecule has 25 heavy (non-hydrogen) atoms. The van der Waals surface area contributed by atoms with Crippen LogP contribution in [0.3, 0.4) is 0 Å². The van der Waals surface area contributed by atoms with Crippen molar-refractivity contribution in [3.8, 4) is 0 Å². The van der Waals surface area contributed by atoms with Crippen molar-refractivity contribution < 1.29 is 4.79 Å². The van der Waals surface area contributed by atoms with Crippen LogP contribution in [0.25, 0.3) is 10.9 Å². The fourth-order valence-electron chi connectivity index (χ4n) is 2.20. The maximum Gasteiger partial charge on any atom is 0.221 e. The van der Waals surface area contributed by atoms with Crippen molar-refractivity contribution in [3.63, 3.8) is 0 Å². The molecule has 1 amide bonds. The van der Waals surface area contributed by atoms with Gasteiger partial charge in [0, 0.05) is 23.7 Å². The number of carbonyl (C=O) groups excluding carboxylic acids is 1. The molecular weight excluding hydrogens is 336 g/mol. The number of hydrogen-bond acceptors (Lipinski definition) is 4. The van der Waals surface area contributed by atoms with Crippen molar-refractivity contribution in [1.29, 1.82) is 0 Å². The summed E-state index contributed by atoms with van der Waals surface area (Å²) in [6.45, 7) is 1.47. The Bertz CT molecular complexity index is 932. The number of benzene rings is 2. The Balaban J connectivity index is 1.54. The molecular formula is C17H16N6OS. The summed E-state index contributed by atoms with van der Waals surface area (Å²) in [4.78, 5) is 11.0. The predicted octanol–water partition coefficient (Wildman–Crippen LogP) is 2.84. The van der Waals surface area contributed by atoms with E-state index in [-0.39, 0.29) is 5.91 Å². The zero-order valence-corrected chi connectivity index (χ0v) is 14.2. The SMILES string of the molecule is CC(=O)Nc1ccc(/C=N/NC(=S)Nc2ccc3cn[nH]c3c2)cc1. The molecule has 0 atom stereocenters. The highest BCUT2D eigenvalue weighted by atomic mass is 32.1. The molecule has 0 unspecified atom stereocenters. The molecule has 2 aromatic carbocycles. The van der Waals surface area contributed by atoms with Crippen molar-refractivity contribution in [1.82, 2.24) is 15.6 Å². The first-order valence-corrected chi connectivity index (χ1v) is 7.92. The van der Waals surface area contributed by atoms with E-state index in [1.54, 1.807) is 24.5 Å². The molecule has 4 N–H and O–H groups in total. The lowest BCUT2D eigenvalue weighted by Crippen LogP contribution is -2.23. The smallest absolute Gasteiger partial charge is 0.221 e.